The zero-order valence-electron chi connectivity index (χ0n) is 10.8. The number of rotatable bonds is 3. The second kappa shape index (κ2) is 5.30. The fourth-order valence-corrected chi connectivity index (χ4v) is 2.74. The molecule has 0 spiro atoms. The molecule has 1 amide bonds. The number of carbonyl (C=O) groups is 1. The first-order valence-electron chi connectivity index (χ1n) is 6.10. The molecule has 2 aromatic heterocycles. The quantitative estimate of drug-likeness (QED) is 0.743. The first-order chi connectivity index (χ1) is 9.70. The Labute approximate surface area is 119 Å². The highest BCUT2D eigenvalue weighted by atomic mass is 32.1. The van der Waals surface area contributed by atoms with Gasteiger partial charge < -0.3 is 4.42 Å². The van der Waals surface area contributed by atoms with Crippen LogP contribution < -0.4 is 5.32 Å². The Morgan fingerprint density at radius 2 is 2.30 bits per heavy atom. The number of hydrogen-bond acceptors (Lipinski definition) is 4. The predicted octanol–water partition coefficient (Wildman–Crippen LogP) is 3.85. The third kappa shape index (κ3) is 2.78. The number of hydrogen-bond donors (Lipinski definition) is 1. The van der Waals surface area contributed by atoms with E-state index in [1.54, 1.807) is 24.5 Å². The lowest BCUT2D eigenvalue weighted by Crippen LogP contribution is -2.07. The van der Waals surface area contributed by atoms with Crippen molar-refractivity contribution in [2.45, 2.75) is 6.92 Å². The summed E-state index contributed by atoms with van der Waals surface area (Å²) >= 11 is 1.46. The molecule has 100 valence electrons. The molecule has 0 aliphatic heterocycles. The fourth-order valence-electron chi connectivity index (χ4n) is 1.78. The van der Waals surface area contributed by atoms with Crippen molar-refractivity contribution in [3.05, 3.63) is 54.0 Å². The molecule has 4 nitrogen and oxygen atoms in total. The lowest BCUT2D eigenvalue weighted by molar-refractivity contribution is -0.111. The van der Waals surface area contributed by atoms with Crippen LogP contribution in [-0.4, -0.2) is 10.9 Å². The second-order valence-corrected chi connectivity index (χ2v) is 5.36. The van der Waals surface area contributed by atoms with Crippen LogP contribution in [-0.2, 0) is 4.79 Å². The molecule has 0 aliphatic rings. The molecule has 0 saturated carbocycles. The number of anilines is 1. The average Bonchev–Trinajstić information content (AvgIpc) is 3.04. The smallest absolute Gasteiger partial charge is 0.250 e. The van der Waals surface area contributed by atoms with Crippen LogP contribution in [0.2, 0.25) is 0 Å². The summed E-state index contributed by atoms with van der Waals surface area (Å²) in [5.74, 6) is 0.414. The first-order valence-corrected chi connectivity index (χ1v) is 6.92. The minimum Gasteiger partial charge on any atom is -0.465 e. The highest BCUT2D eigenvalue weighted by Crippen LogP contribution is 2.26. The van der Waals surface area contributed by atoms with E-state index >= 15 is 0 Å². The summed E-state index contributed by atoms with van der Waals surface area (Å²) in [5.41, 5.74) is 2.07. The van der Waals surface area contributed by atoms with E-state index in [2.05, 4.69) is 16.4 Å². The Morgan fingerprint density at radius 3 is 3.10 bits per heavy atom. The molecule has 20 heavy (non-hydrogen) atoms. The number of amides is 1. The van der Waals surface area contributed by atoms with Crippen molar-refractivity contribution in [2.75, 3.05) is 5.32 Å². The predicted molar refractivity (Wildman–Crippen MR) is 80.7 cm³/mol. The van der Waals surface area contributed by atoms with Gasteiger partial charge in [-0.1, -0.05) is 17.4 Å². The fraction of sp³-hybridized carbons (Fsp3) is 0.0667. The molecule has 2 heterocycles. The van der Waals surface area contributed by atoms with Crippen LogP contribution in [0, 0.1) is 6.92 Å². The van der Waals surface area contributed by atoms with Gasteiger partial charge in [0.2, 0.25) is 5.91 Å². The lowest BCUT2D eigenvalue weighted by Gasteiger charge is -1.94. The van der Waals surface area contributed by atoms with Gasteiger partial charge in [0.15, 0.2) is 5.13 Å². The standard InChI is InChI=1S/C15H12N2O2S/c1-10-4-6-12-13(9-10)20-15(16-12)17-14(18)7-5-11-3-2-8-19-11/h2-9H,1H3,(H,16,17,18)/b7-5+. The highest BCUT2D eigenvalue weighted by molar-refractivity contribution is 7.22. The zero-order chi connectivity index (χ0) is 13.9. The van der Waals surface area contributed by atoms with E-state index in [1.807, 2.05) is 19.1 Å². The summed E-state index contributed by atoms with van der Waals surface area (Å²) in [6, 6.07) is 9.57. The van der Waals surface area contributed by atoms with Gasteiger partial charge in [0.25, 0.3) is 0 Å². The van der Waals surface area contributed by atoms with Gasteiger partial charge in [-0.25, -0.2) is 4.98 Å². The van der Waals surface area contributed by atoms with Gasteiger partial charge in [0.1, 0.15) is 5.76 Å². The number of furan rings is 1. The van der Waals surface area contributed by atoms with Crippen molar-refractivity contribution in [1.82, 2.24) is 4.98 Å². The van der Waals surface area contributed by atoms with E-state index in [9.17, 15) is 4.79 Å². The third-order valence-corrected chi connectivity index (χ3v) is 3.65. The molecule has 1 aromatic carbocycles. The van der Waals surface area contributed by atoms with Gasteiger partial charge in [-0.05, 0) is 42.8 Å². The van der Waals surface area contributed by atoms with Crippen molar-refractivity contribution < 1.29 is 9.21 Å². The maximum atomic E-state index is 11.8. The molecule has 0 fully saturated rings. The second-order valence-electron chi connectivity index (χ2n) is 4.33. The van der Waals surface area contributed by atoms with Crippen molar-refractivity contribution >= 4 is 38.7 Å². The number of aryl methyl sites for hydroxylation is 1. The van der Waals surface area contributed by atoms with E-state index in [1.165, 1.54) is 23.0 Å². The van der Waals surface area contributed by atoms with Gasteiger partial charge in [-0.2, -0.15) is 0 Å². The average molecular weight is 284 g/mol. The number of carbonyl (C=O) groups excluding carboxylic acids is 1. The topological polar surface area (TPSA) is 55.1 Å². The third-order valence-electron chi connectivity index (χ3n) is 2.72. The summed E-state index contributed by atoms with van der Waals surface area (Å²) in [6.45, 7) is 2.03. The molecule has 0 saturated heterocycles. The molecule has 5 heteroatoms. The Morgan fingerprint density at radius 1 is 1.40 bits per heavy atom. The normalized spacial score (nSPS) is 11.2. The summed E-state index contributed by atoms with van der Waals surface area (Å²) in [6.07, 6.45) is 4.61. The lowest BCUT2D eigenvalue weighted by atomic mass is 10.2. The summed E-state index contributed by atoms with van der Waals surface area (Å²) in [5, 5.41) is 3.35. The van der Waals surface area contributed by atoms with Gasteiger partial charge in [0, 0.05) is 6.08 Å². The van der Waals surface area contributed by atoms with E-state index < -0.39 is 0 Å². The van der Waals surface area contributed by atoms with E-state index in [-0.39, 0.29) is 5.91 Å². The number of nitrogens with zero attached hydrogens (tertiary/aromatic N) is 1. The van der Waals surface area contributed by atoms with Gasteiger partial charge >= 0.3 is 0 Å². The maximum Gasteiger partial charge on any atom is 0.250 e. The maximum absolute atomic E-state index is 11.8. The highest BCUT2D eigenvalue weighted by Gasteiger charge is 2.06. The van der Waals surface area contributed by atoms with Gasteiger partial charge in [-0.3, -0.25) is 10.1 Å². The van der Waals surface area contributed by atoms with Gasteiger partial charge in [0.05, 0.1) is 16.5 Å². The minimum absolute atomic E-state index is 0.225. The molecule has 3 rings (SSSR count). The Hall–Kier alpha value is -2.40. The Balaban J connectivity index is 1.74. The number of benzene rings is 1. The number of aromatic nitrogens is 1. The summed E-state index contributed by atoms with van der Waals surface area (Å²) in [7, 11) is 0. The number of fused-ring (bicyclic) bond motifs is 1. The van der Waals surface area contributed by atoms with E-state index in [0.717, 1.165) is 10.2 Å². The van der Waals surface area contributed by atoms with Gasteiger partial charge in [-0.15, -0.1) is 0 Å². The molecule has 0 unspecified atom stereocenters. The molecule has 3 aromatic rings. The molecular weight excluding hydrogens is 272 g/mol. The molecular formula is C15H12N2O2S. The zero-order valence-corrected chi connectivity index (χ0v) is 11.6. The molecule has 1 N–H and O–H groups in total. The van der Waals surface area contributed by atoms with Crippen LogP contribution in [0.5, 0.6) is 0 Å². The number of nitrogens with one attached hydrogen (secondary N) is 1. The Kier molecular flexibility index (Phi) is 3.35. The summed E-state index contributed by atoms with van der Waals surface area (Å²) in [4.78, 5) is 16.1. The molecule has 0 radical (unpaired) electrons. The van der Waals surface area contributed by atoms with Crippen molar-refractivity contribution in [2.24, 2.45) is 0 Å². The number of thiazole rings is 1. The minimum atomic E-state index is -0.225. The molecule has 0 aliphatic carbocycles. The van der Waals surface area contributed by atoms with Crippen LogP contribution >= 0.6 is 11.3 Å². The van der Waals surface area contributed by atoms with E-state index in [4.69, 9.17) is 4.42 Å². The van der Waals surface area contributed by atoms with Crippen LogP contribution in [0.1, 0.15) is 11.3 Å². The van der Waals surface area contributed by atoms with Crippen molar-refractivity contribution in [1.29, 1.82) is 0 Å². The van der Waals surface area contributed by atoms with Crippen molar-refractivity contribution in [3.63, 3.8) is 0 Å². The van der Waals surface area contributed by atoms with E-state index in [0.29, 0.717) is 10.9 Å². The SMILES string of the molecule is Cc1ccc2nc(NC(=O)/C=C/c3ccco3)sc2c1. The molecule has 0 atom stereocenters. The first kappa shape index (κ1) is 12.6. The largest absolute Gasteiger partial charge is 0.465 e. The van der Waals surface area contributed by atoms with Crippen LogP contribution in [0.25, 0.3) is 16.3 Å². The monoisotopic (exact) mass is 284 g/mol. The van der Waals surface area contributed by atoms with Crippen LogP contribution in [0.3, 0.4) is 0 Å². The van der Waals surface area contributed by atoms with Crippen LogP contribution in [0.4, 0.5) is 5.13 Å². The van der Waals surface area contributed by atoms with Crippen molar-refractivity contribution in [3.8, 4) is 0 Å². The molecule has 0 bridgehead atoms. The summed E-state index contributed by atoms with van der Waals surface area (Å²) < 4.78 is 6.18. The Bertz CT molecular complexity index is 772. The van der Waals surface area contributed by atoms with Crippen LogP contribution in [0.15, 0.2) is 47.1 Å².